The van der Waals surface area contributed by atoms with Crippen LogP contribution in [0.1, 0.15) is 21.7 Å². The molecule has 96 valence electrons. The maximum atomic E-state index is 12.0. The van der Waals surface area contributed by atoms with Gasteiger partial charge >= 0.3 is 0 Å². The number of nitrogens with zero attached hydrogens (tertiary/aromatic N) is 3. The highest BCUT2D eigenvalue weighted by Gasteiger charge is 2.11. The second-order valence-electron chi connectivity index (χ2n) is 4.10. The van der Waals surface area contributed by atoms with E-state index in [1.807, 2.05) is 0 Å². The van der Waals surface area contributed by atoms with Crippen molar-refractivity contribution in [2.75, 3.05) is 0 Å². The zero-order valence-electron chi connectivity index (χ0n) is 10.2. The predicted octanol–water partition coefficient (Wildman–Crippen LogP) is 1.18. The number of carbonyl (C=O) groups is 1. The molecule has 2 N–H and O–H groups in total. The molecule has 3 aromatic rings. The molecule has 0 fully saturated rings. The van der Waals surface area contributed by atoms with E-state index in [9.17, 15) is 4.79 Å². The second-order valence-corrected chi connectivity index (χ2v) is 4.10. The number of amides is 1. The topological polar surface area (TPSA) is 96.7 Å². The molecule has 0 spiro atoms. The van der Waals surface area contributed by atoms with Crippen molar-refractivity contribution in [2.24, 2.45) is 0 Å². The first kappa shape index (κ1) is 11.4. The van der Waals surface area contributed by atoms with Gasteiger partial charge in [-0.05, 0) is 13.0 Å². The lowest BCUT2D eigenvalue weighted by molar-refractivity contribution is 0.0950. The summed E-state index contributed by atoms with van der Waals surface area (Å²) >= 11 is 0. The van der Waals surface area contributed by atoms with E-state index in [1.165, 1.54) is 6.20 Å². The van der Waals surface area contributed by atoms with Crippen LogP contribution in [0.2, 0.25) is 0 Å². The highest BCUT2D eigenvalue weighted by Crippen LogP contribution is 2.16. The standard InChI is InChI=1S/C12H11N5O2/c1-7-10-2-8(3-15-12(10)19-17-7)11(18)14-5-9-4-13-6-16-9/h2-4,6H,5H2,1H3,(H,13,16)(H,14,18). The SMILES string of the molecule is Cc1noc2ncc(C(=O)NCc3cnc[nH]3)cc12. The highest BCUT2D eigenvalue weighted by atomic mass is 16.5. The number of hydrogen-bond donors (Lipinski definition) is 2. The van der Waals surface area contributed by atoms with Gasteiger partial charge in [0, 0.05) is 12.4 Å². The van der Waals surface area contributed by atoms with Gasteiger partial charge in [0.05, 0.1) is 35.2 Å². The van der Waals surface area contributed by atoms with Crippen molar-refractivity contribution >= 4 is 17.0 Å². The van der Waals surface area contributed by atoms with Gasteiger partial charge in [-0.25, -0.2) is 9.97 Å². The second kappa shape index (κ2) is 4.52. The van der Waals surface area contributed by atoms with Crippen LogP contribution in [0.3, 0.4) is 0 Å². The van der Waals surface area contributed by atoms with Crippen molar-refractivity contribution in [1.29, 1.82) is 0 Å². The third-order valence-electron chi connectivity index (χ3n) is 2.77. The van der Waals surface area contributed by atoms with Gasteiger partial charge in [0.1, 0.15) is 0 Å². The Labute approximate surface area is 108 Å². The van der Waals surface area contributed by atoms with E-state index in [4.69, 9.17) is 4.52 Å². The number of hydrogen-bond acceptors (Lipinski definition) is 5. The van der Waals surface area contributed by atoms with Gasteiger partial charge in [-0.2, -0.15) is 0 Å². The van der Waals surface area contributed by atoms with Crippen LogP contribution in [0.15, 0.2) is 29.3 Å². The fourth-order valence-electron chi connectivity index (χ4n) is 1.73. The largest absolute Gasteiger partial charge is 0.347 e. The van der Waals surface area contributed by atoms with Gasteiger partial charge in [0.15, 0.2) is 0 Å². The number of aromatic amines is 1. The predicted molar refractivity (Wildman–Crippen MR) is 66.3 cm³/mol. The maximum Gasteiger partial charge on any atom is 0.257 e. The summed E-state index contributed by atoms with van der Waals surface area (Å²) in [5, 5.41) is 7.32. The molecule has 1 amide bonds. The van der Waals surface area contributed by atoms with E-state index in [2.05, 4.69) is 25.4 Å². The van der Waals surface area contributed by atoms with Crippen molar-refractivity contribution in [2.45, 2.75) is 13.5 Å². The number of aromatic nitrogens is 4. The lowest BCUT2D eigenvalue weighted by atomic mass is 10.2. The molecule has 19 heavy (non-hydrogen) atoms. The Morgan fingerprint density at radius 1 is 1.47 bits per heavy atom. The quantitative estimate of drug-likeness (QED) is 0.734. The summed E-state index contributed by atoms with van der Waals surface area (Å²) < 4.78 is 5.00. The van der Waals surface area contributed by atoms with Crippen molar-refractivity contribution in [3.63, 3.8) is 0 Å². The Balaban J connectivity index is 1.79. The number of nitrogens with one attached hydrogen (secondary N) is 2. The zero-order valence-corrected chi connectivity index (χ0v) is 10.2. The zero-order chi connectivity index (χ0) is 13.2. The summed E-state index contributed by atoms with van der Waals surface area (Å²) in [6.07, 6.45) is 4.69. The molecule has 7 nitrogen and oxygen atoms in total. The number of fused-ring (bicyclic) bond motifs is 1. The fraction of sp³-hybridized carbons (Fsp3) is 0.167. The molecule has 3 rings (SSSR count). The smallest absolute Gasteiger partial charge is 0.257 e. The lowest BCUT2D eigenvalue weighted by Gasteiger charge is -2.03. The Hall–Kier alpha value is -2.70. The average Bonchev–Trinajstić information content (AvgIpc) is 3.06. The molecule has 0 saturated heterocycles. The summed E-state index contributed by atoms with van der Waals surface area (Å²) in [5.74, 6) is -0.204. The third kappa shape index (κ3) is 2.17. The van der Waals surface area contributed by atoms with Gasteiger partial charge < -0.3 is 14.8 Å². The van der Waals surface area contributed by atoms with Gasteiger partial charge in [-0.3, -0.25) is 4.79 Å². The van der Waals surface area contributed by atoms with E-state index < -0.39 is 0 Å². The molecule has 0 unspecified atom stereocenters. The number of carbonyl (C=O) groups excluding carboxylic acids is 1. The van der Waals surface area contributed by atoms with Gasteiger partial charge in [0.25, 0.3) is 11.6 Å². The monoisotopic (exact) mass is 257 g/mol. The number of aryl methyl sites for hydroxylation is 1. The molecule has 0 saturated carbocycles. The molecule has 0 aliphatic carbocycles. The molecule has 0 atom stereocenters. The van der Waals surface area contributed by atoms with Crippen molar-refractivity contribution < 1.29 is 9.32 Å². The molecule has 7 heteroatoms. The van der Waals surface area contributed by atoms with E-state index in [-0.39, 0.29) is 5.91 Å². The Bertz CT molecular complexity index is 717. The first-order chi connectivity index (χ1) is 9.24. The van der Waals surface area contributed by atoms with Crippen LogP contribution in [-0.4, -0.2) is 26.0 Å². The van der Waals surface area contributed by atoms with Crippen LogP contribution < -0.4 is 5.32 Å². The number of imidazole rings is 1. The minimum Gasteiger partial charge on any atom is -0.347 e. The molecule has 3 aromatic heterocycles. The van der Waals surface area contributed by atoms with Crippen LogP contribution in [0.25, 0.3) is 11.1 Å². The lowest BCUT2D eigenvalue weighted by Crippen LogP contribution is -2.23. The van der Waals surface area contributed by atoms with Gasteiger partial charge in [-0.15, -0.1) is 0 Å². The summed E-state index contributed by atoms with van der Waals surface area (Å²) in [4.78, 5) is 22.8. The summed E-state index contributed by atoms with van der Waals surface area (Å²) in [5.41, 5.74) is 2.45. The Morgan fingerprint density at radius 2 is 2.37 bits per heavy atom. The molecule has 0 aliphatic heterocycles. The van der Waals surface area contributed by atoms with E-state index in [1.54, 1.807) is 25.5 Å². The maximum absolute atomic E-state index is 12.0. The number of pyridine rings is 1. The first-order valence-electron chi connectivity index (χ1n) is 5.71. The molecule has 0 radical (unpaired) electrons. The summed E-state index contributed by atoms with van der Waals surface area (Å²) in [6.45, 7) is 2.19. The van der Waals surface area contributed by atoms with Crippen LogP contribution in [0.5, 0.6) is 0 Å². The van der Waals surface area contributed by atoms with Crippen LogP contribution >= 0.6 is 0 Å². The molecule has 0 aliphatic rings. The van der Waals surface area contributed by atoms with E-state index >= 15 is 0 Å². The molecule has 3 heterocycles. The Kier molecular flexibility index (Phi) is 2.71. The van der Waals surface area contributed by atoms with Gasteiger partial charge in [0.2, 0.25) is 0 Å². The van der Waals surface area contributed by atoms with Crippen LogP contribution in [-0.2, 0) is 6.54 Å². The average molecular weight is 257 g/mol. The van der Waals surface area contributed by atoms with Crippen LogP contribution in [0.4, 0.5) is 0 Å². The Morgan fingerprint density at radius 3 is 3.16 bits per heavy atom. The molecule has 0 aromatic carbocycles. The first-order valence-corrected chi connectivity index (χ1v) is 5.71. The van der Waals surface area contributed by atoms with Crippen LogP contribution in [0, 0.1) is 6.92 Å². The fourth-order valence-corrected chi connectivity index (χ4v) is 1.73. The van der Waals surface area contributed by atoms with E-state index in [0.717, 1.165) is 11.1 Å². The molecule has 0 bridgehead atoms. The number of rotatable bonds is 3. The third-order valence-corrected chi connectivity index (χ3v) is 2.77. The van der Waals surface area contributed by atoms with Crippen molar-refractivity contribution in [3.8, 4) is 0 Å². The minimum absolute atomic E-state index is 0.204. The van der Waals surface area contributed by atoms with Gasteiger partial charge in [-0.1, -0.05) is 5.16 Å². The summed E-state index contributed by atoms with van der Waals surface area (Å²) in [6, 6.07) is 1.72. The van der Waals surface area contributed by atoms with E-state index in [0.29, 0.717) is 23.5 Å². The van der Waals surface area contributed by atoms with Crippen molar-refractivity contribution in [1.82, 2.24) is 25.4 Å². The molecular formula is C12H11N5O2. The summed E-state index contributed by atoms with van der Waals surface area (Å²) in [7, 11) is 0. The number of H-pyrrole nitrogens is 1. The highest BCUT2D eigenvalue weighted by molar-refractivity contribution is 5.96. The molecular weight excluding hydrogens is 246 g/mol. The minimum atomic E-state index is -0.204. The van der Waals surface area contributed by atoms with Crippen molar-refractivity contribution in [3.05, 3.63) is 41.7 Å². The normalized spacial score (nSPS) is 10.8.